The molecule has 0 saturated carbocycles. The number of aryl methyl sites for hydroxylation is 2. The van der Waals surface area contributed by atoms with Crippen molar-refractivity contribution >= 4 is 10.0 Å². The molecular weight excluding hydrogens is 259 g/mol. The van der Waals surface area contributed by atoms with E-state index in [0.717, 1.165) is 0 Å². The number of imidazole rings is 1. The van der Waals surface area contributed by atoms with Crippen LogP contribution in [0, 0.1) is 0 Å². The van der Waals surface area contributed by atoms with Gasteiger partial charge in [-0.15, -0.1) is 0 Å². The fourth-order valence-corrected chi connectivity index (χ4v) is 2.11. The fraction of sp³-hybridized carbons (Fsp3) is 0.625. The Labute approximate surface area is 96.7 Å². The lowest BCUT2D eigenvalue weighted by molar-refractivity contribution is -0.121. The van der Waals surface area contributed by atoms with Gasteiger partial charge in [0.25, 0.3) is 0 Å². The molecule has 1 rings (SSSR count). The summed E-state index contributed by atoms with van der Waals surface area (Å²) in [4.78, 5) is 3.88. The summed E-state index contributed by atoms with van der Waals surface area (Å²) in [6.07, 6.45) is -1.36. The lowest BCUT2D eigenvalue weighted by Gasteiger charge is -2.09. The summed E-state index contributed by atoms with van der Waals surface area (Å²) in [6, 6.07) is 0. The topological polar surface area (TPSA) is 64.0 Å². The molecule has 17 heavy (non-hydrogen) atoms. The zero-order chi connectivity index (χ0) is 13.1. The van der Waals surface area contributed by atoms with Crippen LogP contribution in [0.3, 0.4) is 0 Å². The molecule has 0 spiro atoms. The molecule has 0 atom stereocenters. The SMILES string of the molecule is Cn1ccnc1CCS(=O)(=O)NCC(F)(F)F. The second kappa shape index (κ2) is 5.05. The van der Waals surface area contributed by atoms with Crippen LogP contribution in [0.2, 0.25) is 0 Å². The molecule has 0 saturated heterocycles. The third-order valence-electron chi connectivity index (χ3n) is 2.01. The number of hydrogen-bond donors (Lipinski definition) is 1. The van der Waals surface area contributed by atoms with Crippen LogP contribution in [-0.2, 0) is 23.5 Å². The number of nitrogens with one attached hydrogen (secondary N) is 1. The Balaban J connectivity index is 2.48. The molecule has 98 valence electrons. The minimum atomic E-state index is -4.55. The quantitative estimate of drug-likeness (QED) is 0.845. The number of sulfonamides is 1. The molecule has 0 bridgehead atoms. The summed E-state index contributed by atoms with van der Waals surface area (Å²) in [5.74, 6) is 0.0795. The van der Waals surface area contributed by atoms with Gasteiger partial charge in [-0.1, -0.05) is 0 Å². The second-order valence-electron chi connectivity index (χ2n) is 3.46. The lowest BCUT2D eigenvalue weighted by Crippen LogP contribution is -2.35. The maximum atomic E-state index is 11.8. The van der Waals surface area contributed by atoms with Crippen LogP contribution >= 0.6 is 0 Å². The molecule has 0 aliphatic rings. The van der Waals surface area contributed by atoms with Gasteiger partial charge in [-0.3, -0.25) is 0 Å². The van der Waals surface area contributed by atoms with Crippen LogP contribution in [0.4, 0.5) is 13.2 Å². The summed E-state index contributed by atoms with van der Waals surface area (Å²) < 4.78 is 61.0. The minimum absolute atomic E-state index is 0.0662. The van der Waals surface area contributed by atoms with Gasteiger partial charge in [-0.2, -0.15) is 13.2 Å². The summed E-state index contributed by atoms with van der Waals surface area (Å²) in [6.45, 7) is -1.55. The van der Waals surface area contributed by atoms with E-state index in [0.29, 0.717) is 5.82 Å². The van der Waals surface area contributed by atoms with E-state index >= 15 is 0 Å². The van der Waals surface area contributed by atoms with E-state index in [4.69, 9.17) is 0 Å². The second-order valence-corrected chi connectivity index (χ2v) is 5.39. The lowest BCUT2D eigenvalue weighted by atomic mass is 10.4. The van der Waals surface area contributed by atoms with Gasteiger partial charge in [-0.05, 0) is 0 Å². The molecule has 1 aromatic rings. The molecule has 0 fully saturated rings. The van der Waals surface area contributed by atoms with Crippen LogP contribution in [0.15, 0.2) is 12.4 Å². The normalized spacial score (nSPS) is 12.9. The summed E-state index contributed by atoms with van der Waals surface area (Å²) in [7, 11) is -2.25. The van der Waals surface area contributed by atoms with E-state index in [1.807, 2.05) is 0 Å². The minimum Gasteiger partial charge on any atom is -0.338 e. The Kier molecular flexibility index (Phi) is 4.15. The van der Waals surface area contributed by atoms with Gasteiger partial charge < -0.3 is 4.57 Å². The van der Waals surface area contributed by atoms with Gasteiger partial charge in [0, 0.05) is 25.9 Å². The van der Waals surface area contributed by atoms with Crippen molar-refractivity contribution in [2.24, 2.45) is 7.05 Å². The molecule has 5 nitrogen and oxygen atoms in total. The van der Waals surface area contributed by atoms with Gasteiger partial charge in [0.2, 0.25) is 10.0 Å². The van der Waals surface area contributed by atoms with E-state index in [1.165, 1.54) is 10.9 Å². The standard InChI is InChI=1S/C8H12F3N3O2S/c1-14-4-3-12-7(14)2-5-17(15,16)13-6-8(9,10)11/h3-4,13H,2,5-6H2,1H3. The predicted octanol–water partition coefficient (Wildman–Crippen LogP) is 0.444. The number of aromatic nitrogens is 2. The van der Waals surface area contributed by atoms with E-state index in [1.54, 1.807) is 17.8 Å². The molecule has 0 unspecified atom stereocenters. The first-order valence-corrected chi connectivity index (χ1v) is 6.35. The van der Waals surface area contributed by atoms with Crippen molar-refractivity contribution in [1.82, 2.24) is 14.3 Å². The van der Waals surface area contributed by atoms with Crippen molar-refractivity contribution in [3.05, 3.63) is 18.2 Å². The highest BCUT2D eigenvalue weighted by Crippen LogP contribution is 2.12. The zero-order valence-corrected chi connectivity index (χ0v) is 9.85. The highest BCUT2D eigenvalue weighted by Gasteiger charge is 2.29. The Morgan fingerprint density at radius 3 is 2.59 bits per heavy atom. The van der Waals surface area contributed by atoms with E-state index in [9.17, 15) is 21.6 Å². The fourth-order valence-electron chi connectivity index (χ4n) is 1.13. The van der Waals surface area contributed by atoms with Gasteiger partial charge in [0.15, 0.2) is 0 Å². The number of rotatable bonds is 5. The summed E-state index contributed by atoms with van der Waals surface area (Å²) in [5, 5.41) is 0. The van der Waals surface area contributed by atoms with Crippen molar-refractivity contribution in [3.63, 3.8) is 0 Å². The Hall–Kier alpha value is -1.09. The number of halogens is 3. The molecule has 0 radical (unpaired) electrons. The molecule has 0 aliphatic heterocycles. The first kappa shape index (κ1) is 14.0. The van der Waals surface area contributed by atoms with Crippen molar-refractivity contribution in [2.75, 3.05) is 12.3 Å². The average molecular weight is 271 g/mol. The summed E-state index contributed by atoms with van der Waals surface area (Å²) >= 11 is 0. The van der Waals surface area contributed by atoms with Crippen LogP contribution in [-0.4, -0.2) is 36.4 Å². The van der Waals surface area contributed by atoms with Crippen LogP contribution in [0.5, 0.6) is 0 Å². The van der Waals surface area contributed by atoms with Gasteiger partial charge >= 0.3 is 6.18 Å². The maximum absolute atomic E-state index is 11.8. The van der Waals surface area contributed by atoms with Crippen molar-refractivity contribution in [2.45, 2.75) is 12.6 Å². The molecular formula is C8H12F3N3O2S. The predicted molar refractivity (Wildman–Crippen MR) is 54.8 cm³/mol. The molecule has 9 heteroatoms. The van der Waals surface area contributed by atoms with Gasteiger partial charge in [0.1, 0.15) is 12.4 Å². The first-order valence-electron chi connectivity index (χ1n) is 4.70. The molecule has 1 N–H and O–H groups in total. The maximum Gasteiger partial charge on any atom is 0.402 e. The van der Waals surface area contributed by atoms with Crippen LogP contribution in [0.25, 0.3) is 0 Å². The van der Waals surface area contributed by atoms with Crippen LogP contribution < -0.4 is 4.72 Å². The van der Waals surface area contributed by atoms with Crippen LogP contribution in [0.1, 0.15) is 5.82 Å². The highest BCUT2D eigenvalue weighted by molar-refractivity contribution is 7.89. The molecule has 0 amide bonds. The monoisotopic (exact) mass is 271 g/mol. The Morgan fingerprint density at radius 2 is 2.12 bits per heavy atom. The largest absolute Gasteiger partial charge is 0.402 e. The Bertz CT molecular complexity index is 467. The van der Waals surface area contributed by atoms with Crippen molar-refractivity contribution in [3.8, 4) is 0 Å². The van der Waals surface area contributed by atoms with Gasteiger partial charge in [-0.25, -0.2) is 18.1 Å². The average Bonchev–Trinajstić information content (AvgIpc) is 2.58. The van der Waals surface area contributed by atoms with Gasteiger partial charge in [0.05, 0.1) is 5.75 Å². The van der Waals surface area contributed by atoms with E-state index < -0.39 is 28.5 Å². The number of alkyl halides is 3. The first-order chi connectivity index (χ1) is 7.70. The smallest absolute Gasteiger partial charge is 0.338 e. The zero-order valence-electron chi connectivity index (χ0n) is 9.03. The van der Waals surface area contributed by atoms with Crippen molar-refractivity contribution in [1.29, 1.82) is 0 Å². The Morgan fingerprint density at radius 1 is 1.47 bits per heavy atom. The highest BCUT2D eigenvalue weighted by atomic mass is 32.2. The molecule has 1 heterocycles. The molecule has 1 aromatic heterocycles. The number of nitrogens with zero attached hydrogens (tertiary/aromatic N) is 2. The van der Waals surface area contributed by atoms with Crippen molar-refractivity contribution < 1.29 is 21.6 Å². The molecule has 0 aliphatic carbocycles. The summed E-state index contributed by atoms with van der Waals surface area (Å²) in [5.41, 5.74) is 0. The van der Waals surface area contributed by atoms with E-state index in [2.05, 4.69) is 4.98 Å². The third kappa shape index (κ3) is 5.18. The molecule has 0 aromatic carbocycles. The number of hydrogen-bond acceptors (Lipinski definition) is 3. The van der Waals surface area contributed by atoms with E-state index in [-0.39, 0.29) is 6.42 Å². The third-order valence-corrected chi connectivity index (χ3v) is 3.33.